The summed E-state index contributed by atoms with van der Waals surface area (Å²) in [7, 11) is 0. The van der Waals surface area contributed by atoms with Crippen LogP contribution in [0.2, 0.25) is 0 Å². The molecule has 0 aliphatic heterocycles. The SMILES string of the molecule is [Cl-].[NH3+]OCc1cccc(F)c1. The zero-order chi connectivity index (χ0) is 7.40. The minimum absolute atomic E-state index is 0. The van der Waals surface area contributed by atoms with Crippen LogP contribution >= 0.6 is 0 Å². The Morgan fingerprint density at radius 1 is 1.45 bits per heavy atom. The van der Waals surface area contributed by atoms with Crippen molar-refractivity contribution in [1.29, 1.82) is 0 Å². The van der Waals surface area contributed by atoms with Gasteiger partial charge in [0.25, 0.3) is 0 Å². The van der Waals surface area contributed by atoms with Gasteiger partial charge in [-0.25, -0.2) is 15.1 Å². The summed E-state index contributed by atoms with van der Waals surface area (Å²) in [5.74, 6) is 2.95. The van der Waals surface area contributed by atoms with Crippen LogP contribution in [0.25, 0.3) is 0 Å². The third-order valence-corrected chi connectivity index (χ3v) is 1.16. The predicted molar refractivity (Wildman–Crippen MR) is 34.1 cm³/mol. The van der Waals surface area contributed by atoms with Gasteiger partial charge >= 0.3 is 0 Å². The quantitative estimate of drug-likeness (QED) is 0.499. The molecule has 0 radical (unpaired) electrons. The lowest BCUT2D eigenvalue weighted by Crippen LogP contribution is -3.00. The average molecular weight is 178 g/mol. The summed E-state index contributed by atoms with van der Waals surface area (Å²) in [5.41, 5.74) is 0.801. The third kappa shape index (κ3) is 3.32. The normalized spacial score (nSPS) is 8.91. The number of halogens is 2. The average Bonchev–Trinajstić information content (AvgIpc) is 1.88. The van der Waals surface area contributed by atoms with Crippen LogP contribution in [-0.4, -0.2) is 0 Å². The van der Waals surface area contributed by atoms with Crippen molar-refractivity contribution in [2.45, 2.75) is 6.61 Å². The molecule has 0 atom stereocenters. The second-order valence-corrected chi connectivity index (χ2v) is 1.98. The van der Waals surface area contributed by atoms with E-state index in [0.717, 1.165) is 5.56 Å². The molecule has 2 nitrogen and oxygen atoms in total. The van der Waals surface area contributed by atoms with Gasteiger partial charge in [0.1, 0.15) is 12.4 Å². The van der Waals surface area contributed by atoms with Gasteiger partial charge in [-0.1, -0.05) is 12.1 Å². The molecule has 1 aromatic carbocycles. The van der Waals surface area contributed by atoms with Gasteiger partial charge in [-0.2, -0.15) is 0 Å². The first-order chi connectivity index (χ1) is 4.83. The molecule has 0 aromatic heterocycles. The predicted octanol–water partition coefficient (Wildman–Crippen LogP) is -2.50. The highest BCUT2D eigenvalue weighted by Crippen LogP contribution is 2.02. The molecule has 0 aliphatic carbocycles. The number of quaternary nitrogens is 1. The third-order valence-electron chi connectivity index (χ3n) is 1.16. The lowest BCUT2D eigenvalue weighted by Gasteiger charge is -1.94. The van der Waals surface area contributed by atoms with Crippen molar-refractivity contribution in [3.05, 3.63) is 35.6 Å². The van der Waals surface area contributed by atoms with Crippen LogP contribution in [0.15, 0.2) is 24.3 Å². The fourth-order valence-electron chi connectivity index (χ4n) is 0.745. The number of rotatable bonds is 2. The first-order valence-electron chi connectivity index (χ1n) is 2.94. The summed E-state index contributed by atoms with van der Waals surface area (Å²) in [4.78, 5) is 4.57. The van der Waals surface area contributed by atoms with Crippen molar-refractivity contribution in [3.63, 3.8) is 0 Å². The Balaban J connectivity index is 0.000001000. The van der Waals surface area contributed by atoms with Crippen LogP contribution in [-0.2, 0) is 11.4 Å². The van der Waals surface area contributed by atoms with E-state index in [9.17, 15) is 4.39 Å². The first kappa shape index (κ1) is 10.4. The van der Waals surface area contributed by atoms with Crippen LogP contribution < -0.4 is 18.3 Å². The molecule has 0 bridgehead atoms. The summed E-state index contributed by atoms with van der Waals surface area (Å²) < 4.78 is 12.4. The minimum atomic E-state index is -0.241. The topological polar surface area (TPSA) is 36.9 Å². The Morgan fingerprint density at radius 3 is 2.73 bits per heavy atom. The first-order valence-corrected chi connectivity index (χ1v) is 2.94. The van der Waals surface area contributed by atoms with E-state index in [1.165, 1.54) is 12.1 Å². The summed E-state index contributed by atoms with van der Waals surface area (Å²) in [6.07, 6.45) is 0. The Kier molecular flexibility index (Phi) is 4.77. The summed E-state index contributed by atoms with van der Waals surface area (Å²) >= 11 is 0. The Morgan fingerprint density at radius 2 is 2.18 bits per heavy atom. The summed E-state index contributed by atoms with van der Waals surface area (Å²) in [5, 5.41) is 0. The molecule has 1 rings (SSSR count). The fourth-order valence-corrected chi connectivity index (χ4v) is 0.745. The van der Waals surface area contributed by atoms with Gasteiger partial charge in [0, 0.05) is 0 Å². The van der Waals surface area contributed by atoms with Crippen molar-refractivity contribution < 1.29 is 27.5 Å². The largest absolute Gasteiger partial charge is 1.00 e. The smallest absolute Gasteiger partial charge is 0.131 e. The fraction of sp³-hybridized carbons (Fsp3) is 0.143. The molecular formula is C7H9ClFNO. The Bertz CT molecular complexity index is 219. The van der Waals surface area contributed by atoms with Gasteiger partial charge in [0.2, 0.25) is 0 Å². The highest BCUT2D eigenvalue weighted by Gasteiger charge is 1.93. The minimum Gasteiger partial charge on any atom is -1.00 e. The Hall–Kier alpha value is -0.640. The molecule has 0 aliphatic rings. The van der Waals surface area contributed by atoms with E-state index in [2.05, 4.69) is 10.7 Å². The van der Waals surface area contributed by atoms with E-state index >= 15 is 0 Å². The van der Waals surface area contributed by atoms with Crippen LogP contribution in [0.5, 0.6) is 0 Å². The summed E-state index contributed by atoms with van der Waals surface area (Å²) in [6, 6.07) is 6.25. The maximum absolute atomic E-state index is 12.4. The molecule has 4 heteroatoms. The second kappa shape index (κ2) is 5.07. The molecule has 3 N–H and O–H groups in total. The maximum atomic E-state index is 12.4. The summed E-state index contributed by atoms with van der Waals surface area (Å²) in [6.45, 7) is 0.359. The molecule has 0 saturated heterocycles. The molecule has 0 fully saturated rings. The monoisotopic (exact) mass is 177 g/mol. The van der Waals surface area contributed by atoms with Crippen LogP contribution in [0.3, 0.4) is 0 Å². The molecule has 0 saturated carbocycles. The highest BCUT2D eigenvalue weighted by atomic mass is 35.5. The lowest BCUT2D eigenvalue weighted by molar-refractivity contribution is -0.695. The van der Waals surface area contributed by atoms with Gasteiger partial charge in [-0.05, 0) is 17.7 Å². The van der Waals surface area contributed by atoms with Gasteiger partial charge in [-0.3, -0.25) is 0 Å². The van der Waals surface area contributed by atoms with Crippen molar-refractivity contribution in [2.24, 2.45) is 0 Å². The maximum Gasteiger partial charge on any atom is 0.131 e. The van der Waals surface area contributed by atoms with E-state index in [1.807, 2.05) is 0 Å². The molecule has 1 aromatic rings. The van der Waals surface area contributed by atoms with Gasteiger partial charge in [0.05, 0.1) is 0 Å². The zero-order valence-corrected chi connectivity index (χ0v) is 6.64. The van der Waals surface area contributed by atoms with Crippen molar-refractivity contribution in [3.8, 4) is 0 Å². The van der Waals surface area contributed by atoms with Crippen LogP contribution in [0.4, 0.5) is 4.39 Å². The van der Waals surface area contributed by atoms with E-state index in [1.54, 1.807) is 12.1 Å². The van der Waals surface area contributed by atoms with E-state index in [0.29, 0.717) is 6.61 Å². The standard InChI is InChI=1S/C7H9FNO.ClH/c8-7-3-1-2-6(4-7)5-10-9;/h1-4H,5H2,9H3;1H/q+1;/p-1. The molecular weight excluding hydrogens is 169 g/mol. The number of hydrogen-bond donors (Lipinski definition) is 1. The van der Waals surface area contributed by atoms with Crippen molar-refractivity contribution in [1.82, 2.24) is 0 Å². The van der Waals surface area contributed by atoms with Gasteiger partial charge in [-0.15, -0.1) is 0 Å². The second-order valence-electron chi connectivity index (χ2n) is 1.98. The van der Waals surface area contributed by atoms with Gasteiger partial charge < -0.3 is 12.4 Å². The van der Waals surface area contributed by atoms with E-state index in [4.69, 9.17) is 0 Å². The molecule has 0 unspecified atom stereocenters. The molecule has 0 heterocycles. The van der Waals surface area contributed by atoms with Crippen LogP contribution in [0.1, 0.15) is 5.56 Å². The van der Waals surface area contributed by atoms with E-state index in [-0.39, 0.29) is 18.2 Å². The van der Waals surface area contributed by atoms with Gasteiger partial charge in [0.15, 0.2) is 0 Å². The van der Waals surface area contributed by atoms with Crippen molar-refractivity contribution >= 4 is 0 Å². The molecule has 0 spiro atoms. The molecule has 11 heavy (non-hydrogen) atoms. The van der Waals surface area contributed by atoms with Crippen LogP contribution in [0, 0.1) is 5.82 Å². The molecule has 0 amide bonds. The number of benzene rings is 1. The molecule has 62 valence electrons. The lowest BCUT2D eigenvalue weighted by atomic mass is 10.2. The van der Waals surface area contributed by atoms with E-state index < -0.39 is 0 Å². The highest BCUT2D eigenvalue weighted by molar-refractivity contribution is 5.14. The zero-order valence-electron chi connectivity index (χ0n) is 5.89. The van der Waals surface area contributed by atoms with Crippen molar-refractivity contribution in [2.75, 3.05) is 0 Å². The number of hydrogen-bond acceptors (Lipinski definition) is 1. The Labute approximate surface area is 70.5 Å².